The van der Waals surface area contributed by atoms with Crippen LogP contribution in [0.15, 0.2) is 0 Å². The third-order valence-corrected chi connectivity index (χ3v) is 4.01. The summed E-state index contributed by atoms with van der Waals surface area (Å²) in [6.07, 6.45) is 3.10. The Labute approximate surface area is 91.9 Å². The second-order valence-corrected chi connectivity index (χ2v) is 5.81. The van der Waals surface area contributed by atoms with Crippen molar-refractivity contribution in [2.24, 2.45) is 5.92 Å². The van der Waals surface area contributed by atoms with Gasteiger partial charge in [0.15, 0.2) is 0 Å². The summed E-state index contributed by atoms with van der Waals surface area (Å²) in [5.41, 5.74) is -0.382. The summed E-state index contributed by atoms with van der Waals surface area (Å²) < 4.78 is 0. The molecule has 0 aliphatic carbocycles. The molecule has 0 aromatic rings. The zero-order valence-corrected chi connectivity index (χ0v) is 10.2. The number of hydrogen-bond donors (Lipinski definition) is 2. The third-order valence-electron chi connectivity index (χ3n) is 2.74. The molecule has 0 aromatic carbocycles. The molecule has 0 unspecified atom stereocenters. The number of aliphatic hydroxyl groups is 1. The lowest BCUT2D eigenvalue weighted by molar-refractivity contribution is 0.0339. The summed E-state index contributed by atoms with van der Waals surface area (Å²) in [6, 6.07) is 0. The fourth-order valence-corrected chi connectivity index (χ4v) is 3.07. The van der Waals surface area contributed by atoms with Gasteiger partial charge in [-0.25, -0.2) is 0 Å². The average Bonchev–Trinajstić information content (AvgIpc) is 2.14. The van der Waals surface area contributed by atoms with Crippen LogP contribution in [-0.2, 0) is 0 Å². The van der Waals surface area contributed by atoms with Crippen LogP contribution in [0.25, 0.3) is 0 Å². The van der Waals surface area contributed by atoms with Crippen LogP contribution in [0.2, 0.25) is 0 Å². The Hall–Kier alpha value is 0.270. The SMILES string of the molecule is CC(C)CCSCC1(O)CCNCC1. The van der Waals surface area contributed by atoms with E-state index in [1.807, 2.05) is 11.8 Å². The Morgan fingerprint density at radius 2 is 2.00 bits per heavy atom. The minimum Gasteiger partial charge on any atom is -0.389 e. The lowest BCUT2D eigenvalue weighted by Crippen LogP contribution is -2.43. The Kier molecular flexibility index (Phi) is 5.28. The van der Waals surface area contributed by atoms with Gasteiger partial charge in [-0.2, -0.15) is 11.8 Å². The van der Waals surface area contributed by atoms with Gasteiger partial charge < -0.3 is 10.4 Å². The zero-order chi connectivity index (χ0) is 10.4. The van der Waals surface area contributed by atoms with Gasteiger partial charge in [0, 0.05) is 5.75 Å². The molecule has 3 heteroatoms. The molecule has 0 spiro atoms. The molecular weight excluding hydrogens is 194 g/mol. The lowest BCUT2D eigenvalue weighted by atomic mass is 9.95. The first-order valence-corrected chi connectivity index (χ1v) is 6.79. The monoisotopic (exact) mass is 217 g/mol. The van der Waals surface area contributed by atoms with Gasteiger partial charge in [-0.1, -0.05) is 13.8 Å². The van der Waals surface area contributed by atoms with Gasteiger partial charge >= 0.3 is 0 Å². The summed E-state index contributed by atoms with van der Waals surface area (Å²) in [7, 11) is 0. The van der Waals surface area contributed by atoms with Crippen molar-refractivity contribution in [3.05, 3.63) is 0 Å². The molecule has 0 amide bonds. The number of piperidine rings is 1. The molecule has 2 N–H and O–H groups in total. The van der Waals surface area contributed by atoms with Crippen molar-refractivity contribution in [1.82, 2.24) is 5.32 Å². The van der Waals surface area contributed by atoms with Crippen molar-refractivity contribution < 1.29 is 5.11 Å². The van der Waals surface area contributed by atoms with Crippen LogP contribution in [-0.4, -0.2) is 35.3 Å². The van der Waals surface area contributed by atoms with Crippen LogP contribution >= 0.6 is 11.8 Å². The first-order valence-electron chi connectivity index (χ1n) is 5.63. The highest BCUT2D eigenvalue weighted by molar-refractivity contribution is 7.99. The van der Waals surface area contributed by atoms with E-state index in [9.17, 15) is 5.11 Å². The van der Waals surface area contributed by atoms with E-state index in [1.165, 1.54) is 12.2 Å². The molecule has 1 fully saturated rings. The molecule has 2 nitrogen and oxygen atoms in total. The van der Waals surface area contributed by atoms with Crippen LogP contribution in [0.4, 0.5) is 0 Å². The maximum absolute atomic E-state index is 10.2. The second-order valence-electron chi connectivity index (χ2n) is 4.71. The third kappa shape index (κ3) is 4.67. The van der Waals surface area contributed by atoms with Crippen LogP contribution in [0, 0.1) is 5.92 Å². The highest BCUT2D eigenvalue weighted by atomic mass is 32.2. The maximum Gasteiger partial charge on any atom is 0.0761 e. The summed E-state index contributed by atoms with van der Waals surface area (Å²) in [4.78, 5) is 0. The first-order chi connectivity index (χ1) is 6.62. The molecule has 1 aliphatic rings. The lowest BCUT2D eigenvalue weighted by Gasteiger charge is -2.32. The van der Waals surface area contributed by atoms with Gasteiger partial charge in [0.2, 0.25) is 0 Å². The Morgan fingerprint density at radius 1 is 1.36 bits per heavy atom. The number of hydrogen-bond acceptors (Lipinski definition) is 3. The molecule has 1 aliphatic heterocycles. The standard InChI is InChI=1S/C11H23NOS/c1-10(2)3-8-14-9-11(13)4-6-12-7-5-11/h10,12-13H,3-9H2,1-2H3. The van der Waals surface area contributed by atoms with E-state index in [0.717, 1.165) is 37.6 Å². The van der Waals surface area contributed by atoms with E-state index in [2.05, 4.69) is 19.2 Å². The van der Waals surface area contributed by atoms with Crippen LogP contribution in [0.5, 0.6) is 0 Å². The first kappa shape index (κ1) is 12.3. The van der Waals surface area contributed by atoms with E-state index in [-0.39, 0.29) is 5.60 Å². The Morgan fingerprint density at radius 3 is 2.57 bits per heavy atom. The minimum absolute atomic E-state index is 0.382. The highest BCUT2D eigenvalue weighted by Crippen LogP contribution is 2.23. The fraction of sp³-hybridized carbons (Fsp3) is 1.00. The van der Waals surface area contributed by atoms with Crippen molar-refractivity contribution in [2.75, 3.05) is 24.6 Å². The Bertz CT molecular complexity index is 155. The number of rotatable bonds is 5. The van der Waals surface area contributed by atoms with Crippen molar-refractivity contribution >= 4 is 11.8 Å². The molecule has 0 aromatic heterocycles. The summed E-state index contributed by atoms with van der Waals surface area (Å²) in [6.45, 7) is 6.45. The molecule has 0 saturated carbocycles. The van der Waals surface area contributed by atoms with Crippen LogP contribution < -0.4 is 5.32 Å². The summed E-state index contributed by atoms with van der Waals surface area (Å²) >= 11 is 1.91. The van der Waals surface area contributed by atoms with Crippen molar-refractivity contribution in [2.45, 2.75) is 38.7 Å². The van der Waals surface area contributed by atoms with Gasteiger partial charge in [0.05, 0.1) is 5.60 Å². The van der Waals surface area contributed by atoms with Gasteiger partial charge in [-0.05, 0) is 44.0 Å². The quantitative estimate of drug-likeness (QED) is 0.690. The van der Waals surface area contributed by atoms with E-state index in [4.69, 9.17) is 0 Å². The smallest absolute Gasteiger partial charge is 0.0761 e. The molecule has 1 rings (SSSR count). The molecule has 0 atom stereocenters. The normalized spacial score (nSPS) is 21.4. The number of thioether (sulfide) groups is 1. The van der Waals surface area contributed by atoms with Crippen molar-refractivity contribution in [3.8, 4) is 0 Å². The topological polar surface area (TPSA) is 32.3 Å². The van der Waals surface area contributed by atoms with Gasteiger partial charge in [0.25, 0.3) is 0 Å². The maximum atomic E-state index is 10.2. The minimum atomic E-state index is -0.382. The van der Waals surface area contributed by atoms with Gasteiger partial charge in [-0.15, -0.1) is 0 Å². The van der Waals surface area contributed by atoms with Crippen LogP contribution in [0.3, 0.4) is 0 Å². The molecule has 1 heterocycles. The van der Waals surface area contributed by atoms with E-state index >= 15 is 0 Å². The molecule has 0 bridgehead atoms. The van der Waals surface area contributed by atoms with Crippen molar-refractivity contribution in [1.29, 1.82) is 0 Å². The largest absolute Gasteiger partial charge is 0.389 e. The van der Waals surface area contributed by atoms with E-state index in [1.54, 1.807) is 0 Å². The predicted octanol–water partition coefficient (Wildman–Crippen LogP) is 1.88. The summed E-state index contributed by atoms with van der Waals surface area (Å²) in [5.74, 6) is 2.89. The summed E-state index contributed by atoms with van der Waals surface area (Å²) in [5, 5.41) is 13.5. The van der Waals surface area contributed by atoms with E-state index < -0.39 is 0 Å². The van der Waals surface area contributed by atoms with Crippen molar-refractivity contribution in [3.63, 3.8) is 0 Å². The molecule has 84 valence electrons. The highest BCUT2D eigenvalue weighted by Gasteiger charge is 2.28. The second kappa shape index (κ2) is 5.99. The fourth-order valence-electron chi connectivity index (χ4n) is 1.62. The molecular formula is C11H23NOS. The molecule has 1 saturated heterocycles. The predicted molar refractivity (Wildman–Crippen MR) is 63.8 cm³/mol. The van der Waals surface area contributed by atoms with E-state index in [0.29, 0.717) is 0 Å². The molecule has 14 heavy (non-hydrogen) atoms. The average molecular weight is 217 g/mol. The van der Waals surface area contributed by atoms with Gasteiger partial charge in [0.1, 0.15) is 0 Å². The van der Waals surface area contributed by atoms with Crippen LogP contribution in [0.1, 0.15) is 33.1 Å². The molecule has 0 radical (unpaired) electrons. The number of nitrogens with one attached hydrogen (secondary N) is 1. The van der Waals surface area contributed by atoms with Gasteiger partial charge in [-0.3, -0.25) is 0 Å². The Balaban J connectivity index is 2.09. The zero-order valence-electron chi connectivity index (χ0n) is 9.38.